The van der Waals surface area contributed by atoms with Gasteiger partial charge in [-0.05, 0) is 38.3 Å². The SMILES string of the molecule is CC1CCCCN1C(=O)c1cc(S(=O)(=O)Cl)c(Cl)cc1F. The molecule has 2 rings (SSSR count). The molecule has 0 aliphatic carbocycles. The zero-order chi connectivity index (χ0) is 15.8. The van der Waals surface area contributed by atoms with Crippen LogP contribution in [0.3, 0.4) is 0 Å². The molecule has 4 nitrogen and oxygen atoms in total. The number of carbonyl (C=O) groups is 1. The van der Waals surface area contributed by atoms with Crippen LogP contribution in [0.2, 0.25) is 5.02 Å². The predicted octanol–water partition coefficient (Wildman–Crippen LogP) is 3.42. The molecule has 0 radical (unpaired) electrons. The first kappa shape index (κ1) is 16.5. The number of carbonyl (C=O) groups excluding carboxylic acids is 1. The molecule has 1 amide bonds. The van der Waals surface area contributed by atoms with E-state index in [1.54, 1.807) is 4.90 Å². The summed E-state index contributed by atoms with van der Waals surface area (Å²) < 4.78 is 36.8. The van der Waals surface area contributed by atoms with Crippen molar-refractivity contribution in [3.05, 3.63) is 28.5 Å². The van der Waals surface area contributed by atoms with Gasteiger partial charge in [-0.1, -0.05) is 11.6 Å². The van der Waals surface area contributed by atoms with Crippen molar-refractivity contribution in [1.82, 2.24) is 4.90 Å². The second-order valence-corrected chi connectivity index (χ2v) is 7.99. The quantitative estimate of drug-likeness (QED) is 0.765. The van der Waals surface area contributed by atoms with Crippen molar-refractivity contribution in [3.8, 4) is 0 Å². The highest BCUT2D eigenvalue weighted by Crippen LogP contribution is 2.29. The minimum atomic E-state index is -4.15. The molecule has 1 saturated heterocycles. The smallest absolute Gasteiger partial charge is 0.262 e. The fraction of sp³-hybridized carbons (Fsp3) is 0.462. The van der Waals surface area contributed by atoms with E-state index in [0.717, 1.165) is 31.4 Å². The summed E-state index contributed by atoms with van der Waals surface area (Å²) in [6, 6.07) is 1.69. The maximum Gasteiger partial charge on any atom is 0.262 e. The van der Waals surface area contributed by atoms with Crippen LogP contribution < -0.4 is 0 Å². The van der Waals surface area contributed by atoms with E-state index in [1.165, 1.54) is 0 Å². The van der Waals surface area contributed by atoms with E-state index in [2.05, 4.69) is 0 Å². The molecule has 21 heavy (non-hydrogen) atoms. The third-order valence-electron chi connectivity index (χ3n) is 3.58. The molecule has 1 aromatic carbocycles. The third-order valence-corrected chi connectivity index (χ3v) is 5.37. The van der Waals surface area contributed by atoms with Gasteiger partial charge in [0.15, 0.2) is 0 Å². The van der Waals surface area contributed by atoms with Crippen LogP contribution in [0.4, 0.5) is 4.39 Å². The van der Waals surface area contributed by atoms with E-state index in [-0.39, 0.29) is 16.6 Å². The Kier molecular flexibility index (Phi) is 4.80. The number of piperidine rings is 1. The second-order valence-electron chi connectivity index (χ2n) is 5.04. The Morgan fingerprint density at radius 3 is 2.62 bits per heavy atom. The van der Waals surface area contributed by atoms with Gasteiger partial charge in [0.1, 0.15) is 10.7 Å². The standard InChI is InChI=1S/C13H14Cl2FNO3S/c1-8-4-2-3-5-17(8)13(18)9-6-12(21(15,19)20)10(14)7-11(9)16/h6-8H,2-5H2,1H3. The van der Waals surface area contributed by atoms with Gasteiger partial charge < -0.3 is 4.90 Å². The van der Waals surface area contributed by atoms with E-state index >= 15 is 0 Å². The molecular weight excluding hydrogens is 340 g/mol. The molecule has 1 unspecified atom stereocenters. The summed E-state index contributed by atoms with van der Waals surface area (Å²) in [5, 5.41) is -0.342. The minimum Gasteiger partial charge on any atom is -0.336 e. The van der Waals surface area contributed by atoms with Gasteiger partial charge in [0.25, 0.3) is 15.0 Å². The Morgan fingerprint density at radius 1 is 1.38 bits per heavy atom. The zero-order valence-corrected chi connectivity index (χ0v) is 13.6. The van der Waals surface area contributed by atoms with Crippen molar-refractivity contribution >= 4 is 37.2 Å². The normalized spacial score (nSPS) is 19.6. The molecule has 0 aromatic heterocycles. The van der Waals surface area contributed by atoms with Crippen LogP contribution in [0.1, 0.15) is 36.5 Å². The van der Waals surface area contributed by atoms with Crippen molar-refractivity contribution in [2.45, 2.75) is 37.1 Å². The molecule has 1 heterocycles. The third kappa shape index (κ3) is 3.49. The van der Waals surface area contributed by atoms with E-state index in [0.29, 0.717) is 6.54 Å². The highest BCUT2D eigenvalue weighted by atomic mass is 35.7. The molecule has 0 bridgehead atoms. The Hall–Kier alpha value is -0.850. The topological polar surface area (TPSA) is 54.5 Å². The fourth-order valence-electron chi connectivity index (χ4n) is 2.43. The summed E-state index contributed by atoms with van der Waals surface area (Å²) in [6.07, 6.45) is 2.68. The number of benzene rings is 1. The number of amides is 1. The first-order chi connectivity index (χ1) is 9.71. The van der Waals surface area contributed by atoms with Crippen LogP contribution in [0, 0.1) is 5.82 Å². The first-order valence-electron chi connectivity index (χ1n) is 6.46. The highest BCUT2D eigenvalue weighted by molar-refractivity contribution is 8.13. The lowest BCUT2D eigenvalue weighted by atomic mass is 10.0. The van der Waals surface area contributed by atoms with Crippen LogP contribution in [-0.2, 0) is 9.05 Å². The van der Waals surface area contributed by atoms with E-state index in [9.17, 15) is 17.6 Å². The minimum absolute atomic E-state index is 0.0163. The average Bonchev–Trinajstić information content (AvgIpc) is 2.37. The van der Waals surface area contributed by atoms with E-state index in [4.69, 9.17) is 22.3 Å². The molecule has 0 spiro atoms. The van der Waals surface area contributed by atoms with Gasteiger partial charge in [-0.2, -0.15) is 0 Å². The molecule has 1 fully saturated rings. The van der Waals surface area contributed by atoms with Gasteiger partial charge >= 0.3 is 0 Å². The maximum absolute atomic E-state index is 14.0. The Bertz CT molecular complexity index is 678. The molecule has 116 valence electrons. The molecule has 0 N–H and O–H groups in total. The fourth-order valence-corrected chi connectivity index (χ4v) is 3.94. The number of hydrogen-bond donors (Lipinski definition) is 0. The molecule has 1 aromatic rings. The number of nitrogens with zero attached hydrogens (tertiary/aromatic N) is 1. The summed E-state index contributed by atoms with van der Waals surface area (Å²) in [6.45, 7) is 2.40. The van der Waals surface area contributed by atoms with Crippen LogP contribution in [-0.4, -0.2) is 31.8 Å². The van der Waals surface area contributed by atoms with Crippen molar-refractivity contribution in [3.63, 3.8) is 0 Å². The van der Waals surface area contributed by atoms with Gasteiger partial charge in [-0.25, -0.2) is 12.8 Å². The van der Waals surface area contributed by atoms with Gasteiger partial charge in [0.2, 0.25) is 0 Å². The molecule has 1 aliphatic heterocycles. The average molecular weight is 354 g/mol. The number of rotatable bonds is 2. The van der Waals surface area contributed by atoms with Crippen LogP contribution in [0.5, 0.6) is 0 Å². The summed E-state index contributed by atoms with van der Waals surface area (Å²) >= 11 is 5.68. The molecule has 1 aliphatic rings. The maximum atomic E-state index is 14.0. The van der Waals surface area contributed by atoms with Gasteiger partial charge in [0, 0.05) is 23.3 Å². The van der Waals surface area contributed by atoms with E-state index < -0.39 is 25.7 Å². The monoisotopic (exact) mass is 353 g/mol. The van der Waals surface area contributed by atoms with Crippen LogP contribution in [0.15, 0.2) is 17.0 Å². The lowest BCUT2D eigenvalue weighted by Gasteiger charge is -2.33. The first-order valence-corrected chi connectivity index (χ1v) is 9.15. The predicted molar refractivity (Wildman–Crippen MR) is 78.8 cm³/mol. The van der Waals surface area contributed by atoms with E-state index in [1.807, 2.05) is 6.92 Å². The summed E-state index contributed by atoms with van der Waals surface area (Å²) in [5.74, 6) is -1.40. The van der Waals surface area contributed by atoms with Gasteiger partial charge in [-0.15, -0.1) is 0 Å². The number of halogens is 3. The van der Waals surface area contributed by atoms with Crippen LogP contribution in [0.25, 0.3) is 0 Å². The Morgan fingerprint density at radius 2 is 2.05 bits per heavy atom. The number of hydrogen-bond acceptors (Lipinski definition) is 3. The van der Waals surface area contributed by atoms with Crippen molar-refractivity contribution in [2.75, 3.05) is 6.54 Å². The number of likely N-dealkylation sites (tertiary alicyclic amines) is 1. The summed E-state index contributed by atoms with van der Waals surface area (Å²) in [5.41, 5.74) is -0.327. The van der Waals surface area contributed by atoms with Gasteiger partial charge in [0.05, 0.1) is 10.6 Å². The lowest BCUT2D eigenvalue weighted by molar-refractivity contribution is 0.0630. The molecule has 0 saturated carbocycles. The molecular formula is C13H14Cl2FNO3S. The second kappa shape index (κ2) is 6.10. The Labute approximate surface area is 132 Å². The summed E-state index contributed by atoms with van der Waals surface area (Å²) in [7, 11) is 1.10. The summed E-state index contributed by atoms with van der Waals surface area (Å²) in [4.78, 5) is 13.5. The van der Waals surface area contributed by atoms with Gasteiger partial charge in [-0.3, -0.25) is 4.79 Å². The molecule has 8 heteroatoms. The highest BCUT2D eigenvalue weighted by Gasteiger charge is 2.28. The van der Waals surface area contributed by atoms with Crippen molar-refractivity contribution < 1.29 is 17.6 Å². The van der Waals surface area contributed by atoms with Crippen molar-refractivity contribution in [1.29, 1.82) is 0 Å². The zero-order valence-electron chi connectivity index (χ0n) is 11.3. The van der Waals surface area contributed by atoms with Crippen molar-refractivity contribution in [2.24, 2.45) is 0 Å². The largest absolute Gasteiger partial charge is 0.336 e. The lowest BCUT2D eigenvalue weighted by Crippen LogP contribution is -2.42. The van der Waals surface area contributed by atoms with Crippen LogP contribution >= 0.6 is 22.3 Å². The molecule has 1 atom stereocenters. The Balaban J connectivity index is 2.46.